The number of hydrogen-bond acceptors (Lipinski definition) is 5. The molecule has 0 aliphatic heterocycles. The predicted octanol–water partition coefficient (Wildman–Crippen LogP) is 8.83. The fraction of sp³-hybridized carbons (Fsp3) is 0.667. The number of nitrogens with zero attached hydrogens (tertiary/aromatic N) is 4. The van der Waals surface area contributed by atoms with Crippen LogP contribution in [0, 0.1) is 34.5 Å². The van der Waals surface area contributed by atoms with Crippen LogP contribution >= 0.6 is 23.2 Å². The molecule has 0 bridgehead atoms. The molecule has 1 N–H and O–H groups in total. The van der Waals surface area contributed by atoms with E-state index in [0.717, 1.165) is 17.5 Å². The van der Waals surface area contributed by atoms with Crippen LogP contribution in [0.15, 0.2) is 24.7 Å². The Labute approximate surface area is 269 Å². The van der Waals surface area contributed by atoms with Crippen molar-refractivity contribution in [1.29, 1.82) is 0 Å². The number of rotatable bonds is 11. The van der Waals surface area contributed by atoms with Crippen LogP contribution in [0.1, 0.15) is 102 Å². The molecule has 2 aliphatic rings. The fourth-order valence-corrected chi connectivity index (χ4v) is 8.12. The lowest BCUT2D eigenvalue weighted by atomic mass is 9.85. The van der Waals surface area contributed by atoms with E-state index in [9.17, 15) is 23.1 Å². The van der Waals surface area contributed by atoms with Crippen molar-refractivity contribution in [2.45, 2.75) is 86.4 Å². The Bertz CT molecular complexity index is 1340. The van der Waals surface area contributed by atoms with Crippen LogP contribution in [0.25, 0.3) is 5.70 Å². The van der Waals surface area contributed by atoms with Gasteiger partial charge in [0.1, 0.15) is 0 Å². The van der Waals surface area contributed by atoms with Crippen LogP contribution in [-0.2, 0) is 6.18 Å². The van der Waals surface area contributed by atoms with Crippen LogP contribution in [0.5, 0.6) is 0 Å². The van der Waals surface area contributed by atoms with E-state index in [4.69, 9.17) is 23.2 Å². The van der Waals surface area contributed by atoms with Gasteiger partial charge in [0.25, 0.3) is 0 Å². The van der Waals surface area contributed by atoms with Gasteiger partial charge in [-0.3, -0.25) is 14.5 Å². The number of Topliss-reactive ketones (excluding diaryl/α,β-unsaturated/α-hetero) is 1. The summed E-state index contributed by atoms with van der Waals surface area (Å²) in [5.41, 5.74) is -0.837. The van der Waals surface area contributed by atoms with Crippen molar-refractivity contribution in [3.8, 4) is 0 Å². The first-order valence-corrected chi connectivity index (χ1v) is 16.2. The molecule has 2 aromatic rings. The van der Waals surface area contributed by atoms with E-state index in [1.807, 2.05) is 0 Å². The van der Waals surface area contributed by atoms with Crippen LogP contribution in [-0.4, -0.2) is 50.3 Å². The Balaban J connectivity index is 1.84. The number of aliphatic hydroxyl groups excluding tert-OH is 1. The highest BCUT2D eigenvalue weighted by atomic mass is 35.5. The highest BCUT2D eigenvalue weighted by Gasteiger charge is 2.67. The summed E-state index contributed by atoms with van der Waals surface area (Å²) in [5, 5.41) is 14.6. The van der Waals surface area contributed by atoms with Gasteiger partial charge in [-0.1, -0.05) is 71.7 Å². The van der Waals surface area contributed by atoms with Gasteiger partial charge in [0, 0.05) is 30.2 Å². The number of aliphatic hydroxyl groups is 1. The number of carbonyl (C=O) groups excluding carboxylic acids is 1. The third-order valence-corrected chi connectivity index (χ3v) is 11.2. The lowest BCUT2D eigenvalue weighted by molar-refractivity contribution is -0.145. The van der Waals surface area contributed by atoms with Crippen LogP contribution in [0.2, 0.25) is 10.0 Å². The second-order valence-corrected chi connectivity index (χ2v) is 15.0. The molecule has 6 nitrogen and oxygen atoms in total. The van der Waals surface area contributed by atoms with E-state index < -0.39 is 24.3 Å². The first-order valence-electron chi connectivity index (χ1n) is 15.5. The van der Waals surface area contributed by atoms with Gasteiger partial charge in [0.05, 0.1) is 41.0 Å². The van der Waals surface area contributed by atoms with Crippen molar-refractivity contribution in [1.82, 2.24) is 19.7 Å². The van der Waals surface area contributed by atoms with Crippen molar-refractivity contribution in [3.05, 3.63) is 51.5 Å². The molecule has 2 saturated carbocycles. The standard InChI is InChI=1S/C33H45Cl2F3N4O2/c1-19(2)23(29-31(4,5)32(29,6)7)17-41(18-27(44)28-24(34)15-39-16-25(28)35)26(12-13-43)22-14-40-42(30(22)33(36,37)38)21-10-8-20(3)9-11-21/h12,14-16,19-21,23,29,43H,8-11,13,17-18H2,1-7H3/b26-12-. The number of pyridine rings is 1. The number of hydrogen-bond donors (Lipinski definition) is 1. The Hall–Kier alpha value is -2.10. The number of carbonyl (C=O) groups is 1. The summed E-state index contributed by atoms with van der Waals surface area (Å²) in [5.74, 6) is 0.451. The van der Waals surface area contributed by atoms with Gasteiger partial charge < -0.3 is 10.0 Å². The van der Waals surface area contributed by atoms with E-state index in [-0.39, 0.29) is 74.6 Å². The number of ketones is 1. The molecule has 2 fully saturated rings. The van der Waals surface area contributed by atoms with E-state index in [2.05, 4.69) is 58.5 Å². The number of alkyl halides is 3. The van der Waals surface area contributed by atoms with Gasteiger partial charge >= 0.3 is 6.18 Å². The van der Waals surface area contributed by atoms with Crippen molar-refractivity contribution in [2.24, 2.45) is 34.5 Å². The Kier molecular flexibility index (Phi) is 10.2. The normalized spacial score (nSPS) is 22.7. The summed E-state index contributed by atoms with van der Waals surface area (Å²) in [7, 11) is 0. The zero-order valence-corrected chi connectivity index (χ0v) is 28.2. The molecule has 244 valence electrons. The summed E-state index contributed by atoms with van der Waals surface area (Å²) < 4.78 is 45.9. The van der Waals surface area contributed by atoms with Crippen LogP contribution in [0.3, 0.4) is 0 Å². The second-order valence-electron chi connectivity index (χ2n) is 14.1. The summed E-state index contributed by atoms with van der Waals surface area (Å²) >= 11 is 12.7. The quantitative estimate of drug-likeness (QED) is 0.245. The van der Waals surface area contributed by atoms with Crippen LogP contribution in [0.4, 0.5) is 13.2 Å². The lowest BCUT2D eigenvalue weighted by Crippen LogP contribution is -2.37. The maximum absolute atomic E-state index is 14.9. The first-order chi connectivity index (χ1) is 20.4. The number of aromatic nitrogens is 3. The molecule has 0 spiro atoms. The molecule has 0 aromatic carbocycles. The second kappa shape index (κ2) is 13.0. The topological polar surface area (TPSA) is 71.2 Å². The lowest BCUT2D eigenvalue weighted by Gasteiger charge is -2.34. The zero-order valence-electron chi connectivity index (χ0n) is 26.7. The fourth-order valence-electron chi connectivity index (χ4n) is 7.54. The minimum Gasteiger partial charge on any atom is -0.392 e. The molecule has 1 unspecified atom stereocenters. The monoisotopic (exact) mass is 656 g/mol. The van der Waals surface area contributed by atoms with Crippen molar-refractivity contribution < 1.29 is 23.1 Å². The Morgan fingerprint density at radius 3 is 2.14 bits per heavy atom. The SMILES string of the molecule is CC1CCC(n2ncc(/C(=C/CO)N(CC(=O)c3c(Cl)cncc3Cl)CC(C(C)C)C3C(C)(C)C3(C)C)c2C(F)(F)F)CC1. The molecule has 2 aromatic heterocycles. The number of halogens is 5. The molecular formula is C33H45Cl2F3N4O2. The van der Waals surface area contributed by atoms with Crippen molar-refractivity contribution in [2.75, 3.05) is 19.7 Å². The average molecular weight is 658 g/mol. The molecule has 4 rings (SSSR count). The maximum atomic E-state index is 14.9. The minimum atomic E-state index is -4.71. The molecule has 0 saturated heterocycles. The van der Waals surface area contributed by atoms with Crippen LogP contribution < -0.4 is 0 Å². The Morgan fingerprint density at radius 2 is 1.66 bits per heavy atom. The van der Waals surface area contributed by atoms with Gasteiger partial charge in [0.2, 0.25) is 0 Å². The van der Waals surface area contributed by atoms with Gasteiger partial charge in [-0.15, -0.1) is 0 Å². The molecule has 2 aliphatic carbocycles. The van der Waals surface area contributed by atoms with Gasteiger partial charge in [-0.2, -0.15) is 18.3 Å². The van der Waals surface area contributed by atoms with Crippen molar-refractivity contribution >= 4 is 34.7 Å². The molecule has 0 radical (unpaired) electrons. The van der Waals surface area contributed by atoms with Gasteiger partial charge in [0.15, 0.2) is 11.5 Å². The first kappa shape index (κ1) is 34.8. The van der Waals surface area contributed by atoms with E-state index in [1.165, 1.54) is 24.7 Å². The maximum Gasteiger partial charge on any atom is 0.433 e. The Morgan fingerprint density at radius 1 is 1.09 bits per heavy atom. The largest absolute Gasteiger partial charge is 0.433 e. The van der Waals surface area contributed by atoms with E-state index >= 15 is 0 Å². The van der Waals surface area contributed by atoms with Gasteiger partial charge in [-0.25, -0.2) is 0 Å². The zero-order chi connectivity index (χ0) is 32.8. The molecular weight excluding hydrogens is 612 g/mol. The highest BCUT2D eigenvalue weighted by Crippen LogP contribution is 2.72. The summed E-state index contributed by atoms with van der Waals surface area (Å²) in [6.45, 7) is 14.6. The third kappa shape index (κ3) is 6.70. The third-order valence-electron chi connectivity index (χ3n) is 10.6. The summed E-state index contributed by atoms with van der Waals surface area (Å²) in [4.78, 5) is 19.4. The predicted molar refractivity (Wildman–Crippen MR) is 169 cm³/mol. The highest BCUT2D eigenvalue weighted by molar-refractivity contribution is 6.39. The molecule has 1 atom stereocenters. The van der Waals surface area contributed by atoms with E-state index in [1.54, 1.807) is 4.90 Å². The van der Waals surface area contributed by atoms with E-state index in [0.29, 0.717) is 18.8 Å². The van der Waals surface area contributed by atoms with Gasteiger partial charge in [-0.05, 0) is 66.3 Å². The molecule has 0 amide bonds. The minimum absolute atomic E-state index is 0.00365. The molecule has 44 heavy (non-hydrogen) atoms. The molecule has 11 heteroatoms. The smallest absolute Gasteiger partial charge is 0.392 e. The summed E-state index contributed by atoms with van der Waals surface area (Å²) in [6, 6.07) is -0.382. The summed E-state index contributed by atoms with van der Waals surface area (Å²) in [6.07, 6.45) is 3.37. The average Bonchev–Trinajstić information content (AvgIpc) is 3.20. The molecule has 2 heterocycles. The van der Waals surface area contributed by atoms with Crippen molar-refractivity contribution in [3.63, 3.8) is 0 Å².